The van der Waals surface area contributed by atoms with Gasteiger partial charge in [-0.05, 0) is 59.0 Å². The molecule has 1 aliphatic carbocycles. The van der Waals surface area contributed by atoms with Gasteiger partial charge in [-0.25, -0.2) is 9.78 Å². The lowest BCUT2D eigenvalue weighted by atomic mass is 9.91. The Kier molecular flexibility index (Phi) is 5.71. The van der Waals surface area contributed by atoms with Crippen molar-refractivity contribution in [2.75, 3.05) is 0 Å². The van der Waals surface area contributed by atoms with Gasteiger partial charge in [0.25, 0.3) is 5.91 Å². The van der Waals surface area contributed by atoms with E-state index in [0.717, 1.165) is 33.2 Å². The number of hydrogen-bond acceptors (Lipinski definition) is 3. The molecule has 2 aliphatic rings. The summed E-state index contributed by atoms with van der Waals surface area (Å²) in [6.07, 6.45) is 3.66. The quantitative estimate of drug-likeness (QED) is 0.308. The summed E-state index contributed by atoms with van der Waals surface area (Å²) in [4.78, 5) is 35.6. The number of imide groups is 1. The number of carbonyl (C=O) groups excluding carboxylic acids is 2. The fourth-order valence-corrected chi connectivity index (χ4v) is 5.34. The van der Waals surface area contributed by atoms with E-state index in [1.165, 1.54) is 4.90 Å². The molecule has 8 heteroatoms. The number of urea groups is 1. The van der Waals surface area contributed by atoms with Crippen LogP contribution in [0.2, 0.25) is 5.02 Å². The predicted octanol–water partition coefficient (Wildman–Crippen LogP) is 5.51. The standard InChI is InChI=1S/C24H22ClIN4O2/c1-13(14-5-3-2-4-6-14)21(30-23(31)20(15-7-8-15)29-24(30)32)22-27-12-19(28-22)17-10-9-16(26)11-18(17)25/h2-6,9-13,15,20-21H,7-8H2,1H3,(H,27,28)(H,29,32)/t13-,20?,21-/m0/s1. The van der Waals surface area contributed by atoms with Crippen molar-refractivity contribution in [3.05, 3.63) is 74.7 Å². The average Bonchev–Trinajstić information content (AvgIpc) is 3.44. The summed E-state index contributed by atoms with van der Waals surface area (Å²) in [5.74, 6) is 0.471. The first-order valence-electron chi connectivity index (χ1n) is 10.6. The fourth-order valence-electron chi connectivity index (χ4n) is 4.38. The Hall–Kier alpha value is -2.39. The first-order valence-corrected chi connectivity index (χ1v) is 12.1. The number of carbonyl (C=O) groups is 2. The third-order valence-electron chi connectivity index (χ3n) is 6.27. The molecule has 3 aromatic rings. The van der Waals surface area contributed by atoms with Crippen LogP contribution in [0.4, 0.5) is 4.79 Å². The minimum Gasteiger partial charge on any atom is -0.340 e. The van der Waals surface area contributed by atoms with Crippen molar-refractivity contribution in [1.29, 1.82) is 0 Å². The number of rotatable bonds is 6. The molecule has 32 heavy (non-hydrogen) atoms. The Morgan fingerprint density at radius 2 is 1.91 bits per heavy atom. The molecule has 164 valence electrons. The molecule has 3 amide bonds. The Morgan fingerprint density at radius 3 is 2.59 bits per heavy atom. The fraction of sp³-hybridized carbons (Fsp3) is 0.292. The predicted molar refractivity (Wildman–Crippen MR) is 131 cm³/mol. The highest BCUT2D eigenvalue weighted by Gasteiger charge is 2.50. The lowest BCUT2D eigenvalue weighted by molar-refractivity contribution is -0.130. The van der Waals surface area contributed by atoms with Crippen LogP contribution in [0.5, 0.6) is 0 Å². The number of nitrogens with one attached hydrogen (secondary N) is 2. The zero-order valence-corrected chi connectivity index (χ0v) is 20.3. The van der Waals surface area contributed by atoms with E-state index in [9.17, 15) is 9.59 Å². The first kappa shape index (κ1) is 21.5. The molecule has 2 N–H and O–H groups in total. The number of benzene rings is 2. The molecule has 1 aromatic heterocycles. The molecule has 6 nitrogen and oxygen atoms in total. The van der Waals surface area contributed by atoms with Crippen molar-refractivity contribution in [2.24, 2.45) is 5.92 Å². The SMILES string of the molecule is C[C@@H](c1ccccc1)[C@@H](c1ncc(-c2ccc(I)cc2Cl)[nH]1)N1C(=O)NC(C2CC2)C1=O. The second-order valence-electron chi connectivity index (χ2n) is 8.42. The van der Waals surface area contributed by atoms with Gasteiger partial charge in [-0.15, -0.1) is 0 Å². The summed E-state index contributed by atoms with van der Waals surface area (Å²) >= 11 is 8.68. The maximum atomic E-state index is 13.3. The van der Waals surface area contributed by atoms with E-state index in [2.05, 4.69) is 37.9 Å². The van der Waals surface area contributed by atoms with Gasteiger partial charge < -0.3 is 10.3 Å². The first-order chi connectivity index (χ1) is 15.4. The zero-order chi connectivity index (χ0) is 22.4. The highest BCUT2D eigenvalue weighted by molar-refractivity contribution is 14.1. The summed E-state index contributed by atoms with van der Waals surface area (Å²) in [6.45, 7) is 2.02. The number of H-pyrrole nitrogens is 1. The number of aromatic amines is 1. The van der Waals surface area contributed by atoms with Crippen molar-refractivity contribution in [2.45, 2.75) is 37.8 Å². The minimum atomic E-state index is -0.565. The molecule has 3 atom stereocenters. The van der Waals surface area contributed by atoms with Gasteiger partial charge in [0.05, 0.1) is 16.9 Å². The van der Waals surface area contributed by atoms with E-state index in [-0.39, 0.29) is 23.8 Å². The molecular formula is C24H22ClIN4O2. The van der Waals surface area contributed by atoms with E-state index in [1.54, 1.807) is 6.20 Å². The van der Waals surface area contributed by atoms with Crippen molar-refractivity contribution < 1.29 is 9.59 Å². The molecule has 0 radical (unpaired) electrons. The monoisotopic (exact) mass is 560 g/mol. The van der Waals surface area contributed by atoms with Crippen molar-refractivity contribution in [1.82, 2.24) is 20.2 Å². The van der Waals surface area contributed by atoms with Crippen LogP contribution in [0, 0.1) is 9.49 Å². The molecule has 5 rings (SSSR count). The largest absolute Gasteiger partial charge is 0.340 e. The molecule has 1 saturated carbocycles. The second kappa shape index (κ2) is 8.51. The van der Waals surface area contributed by atoms with Crippen LogP contribution in [-0.2, 0) is 4.79 Å². The molecule has 2 aromatic carbocycles. The van der Waals surface area contributed by atoms with Crippen LogP contribution < -0.4 is 5.32 Å². The highest BCUT2D eigenvalue weighted by atomic mass is 127. The Balaban J connectivity index is 1.55. The number of nitrogens with zero attached hydrogens (tertiary/aromatic N) is 2. The van der Waals surface area contributed by atoms with Gasteiger partial charge in [-0.3, -0.25) is 9.69 Å². The van der Waals surface area contributed by atoms with E-state index in [4.69, 9.17) is 11.6 Å². The lowest BCUT2D eigenvalue weighted by Gasteiger charge is -2.29. The van der Waals surface area contributed by atoms with Crippen LogP contribution in [0.15, 0.2) is 54.7 Å². The van der Waals surface area contributed by atoms with Crippen LogP contribution >= 0.6 is 34.2 Å². The molecular weight excluding hydrogens is 539 g/mol. The number of aromatic nitrogens is 2. The molecule has 1 aliphatic heterocycles. The Bertz CT molecular complexity index is 1180. The maximum Gasteiger partial charge on any atom is 0.325 e. The summed E-state index contributed by atoms with van der Waals surface area (Å²) in [5, 5.41) is 3.51. The van der Waals surface area contributed by atoms with Gasteiger partial charge in [0.15, 0.2) is 0 Å². The summed E-state index contributed by atoms with van der Waals surface area (Å²) < 4.78 is 1.04. The third-order valence-corrected chi connectivity index (χ3v) is 7.25. The molecule has 1 saturated heterocycles. The van der Waals surface area contributed by atoms with Gasteiger partial charge in [0, 0.05) is 15.1 Å². The van der Waals surface area contributed by atoms with Crippen molar-refractivity contribution in [3.8, 4) is 11.3 Å². The van der Waals surface area contributed by atoms with E-state index < -0.39 is 12.1 Å². The van der Waals surface area contributed by atoms with Crippen molar-refractivity contribution >= 4 is 46.1 Å². The summed E-state index contributed by atoms with van der Waals surface area (Å²) in [6, 6.07) is 14.3. The highest BCUT2D eigenvalue weighted by Crippen LogP contribution is 2.41. The Labute approximate surface area is 204 Å². The topological polar surface area (TPSA) is 78.1 Å². The summed E-state index contributed by atoms with van der Waals surface area (Å²) in [5.41, 5.74) is 2.60. The normalized spacial score (nSPS) is 20.3. The molecule has 2 heterocycles. The van der Waals surface area contributed by atoms with Gasteiger partial charge in [0.2, 0.25) is 0 Å². The molecule has 0 bridgehead atoms. The maximum absolute atomic E-state index is 13.3. The third kappa shape index (κ3) is 3.92. The van der Waals surface area contributed by atoms with Crippen LogP contribution in [0.3, 0.4) is 0 Å². The molecule has 1 unspecified atom stereocenters. The van der Waals surface area contributed by atoms with Crippen LogP contribution in [0.25, 0.3) is 11.3 Å². The van der Waals surface area contributed by atoms with E-state index in [0.29, 0.717) is 10.8 Å². The van der Waals surface area contributed by atoms with Gasteiger partial charge in [-0.2, -0.15) is 0 Å². The second-order valence-corrected chi connectivity index (χ2v) is 10.1. The molecule has 0 spiro atoms. The number of hydrogen-bond donors (Lipinski definition) is 2. The van der Waals surface area contributed by atoms with Gasteiger partial charge in [0.1, 0.15) is 17.9 Å². The van der Waals surface area contributed by atoms with Crippen LogP contribution in [-0.4, -0.2) is 32.8 Å². The summed E-state index contributed by atoms with van der Waals surface area (Å²) in [7, 11) is 0. The number of halogens is 2. The van der Waals surface area contributed by atoms with E-state index in [1.807, 2.05) is 55.5 Å². The average molecular weight is 561 g/mol. The van der Waals surface area contributed by atoms with E-state index >= 15 is 0 Å². The number of imidazole rings is 1. The molecule has 2 fully saturated rings. The van der Waals surface area contributed by atoms with Crippen molar-refractivity contribution in [3.63, 3.8) is 0 Å². The van der Waals surface area contributed by atoms with Gasteiger partial charge in [-0.1, -0.05) is 54.9 Å². The smallest absolute Gasteiger partial charge is 0.325 e. The lowest BCUT2D eigenvalue weighted by Crippen LogP contribution is -2.38. The van der Waals surface area contributed by atoms with Gasteiger partial charge >= 0.3 is 6.03 Å². The minimum absolute atomic E-state index is 0.157. The van der Waals surface area contributed by atoms with Crippen LogP contribution in [0.1, 0.15) is 43.1 Å². The number of amides is 3. The zero-order valence-electron chi connectivity index (χ0n) is 17.4. The Morgan fingerprint density at radius 1 is 1.16 bits per heavy atom.